The second-order valence-electron chi connectivity index (χ2n) is 8.33. The lowest BCUT2D eigenvalue weighted by atomic mass is 10.0. The molecule has 0 bridgehead atoms. The molecule has 0 saturated carbocycles. The largest absolute Gasteiger partial charge is 0.486 e. The second-order valence-corrected chi connectivity index (χ2v) is 8.33. The van der Waals surface area contributed by atoms with Crippen molar-refractivity contribution in [1.82, 2.24) is 0 Å². The molecule has 0 aromatic heterocycles. The Balaban J connectivity index is 1.45. The Bertz CT molecular complexity index is 1260. The van der Waals surface area contributed by atoms with Gasteiger partial charge in [-0.2, -0.15) is 4.39 Å². The van der Waals surface area contributed by atoms with Crippen LogP contribution in [-0.2, 0) is 19.4 Å². The molecule has 4 aromatic carbocycles. The van der Waals surface area contributed by atoms with Crippen LogP contribution < -0.4 is 4.74 Å². The molecule has 0 saturated heterocycles. The highest BCUT2D eigenvalue weighted by Gasteiger charge is 2.16. The van der Waals surface area contributed by atoms with E-state index in [-0.39, 0.29) is 23.7 Å². The first kappa shape index (κ1) is 23.6. The molecule has 0 aliphatic rings. The quantitative estimate of drug-likeness (QED) is 0.256. The van der Waals surface area contributed by atoms with E-state index in [1.165, 1.54) is 12.1 Å². The molecular formula is C30H27F3O. The van der Waals surface area contributed by atoms with Gasteiger partial charge in [-0.25, -0.2) is 8.78 Å². The van der Waals surface area contributed by atoms with Gasteiger partial charge in [0.2, 0.25) is 5.82 Å². The Morgan fingerprint density at radius 3 is 1.94 bits per heavy atom. The van der Waals surface area contributed by atoms with Gasteiger partial charge >= 0.3 is 0 Å². The zero-order valence-corrected chi connectivity index (χ0v) is 19.4. The SMILES string of the molecule is CCCc1ccc(-c2ccc(COc3ccc(-c4ccc(CC)cc4)c(F)c3F)cc2)cc1F. The lowest BCUT2D eigenvalue weighted by Gasteiger charge is -2.12. The standard InChI is InChI=1S/C30H27F3O/c1-3-5-24-14-15-25(18-27(24)31)22-10-8-21(9-11-22)19-34-28-17-16-26(29(32)30(28)33)23-12-6-20(4-2)7-13-23/h6-18H,3-5,19H2,1-2H3. The molecular weight excluding hydrogens is 433 g/mol. The van der Waals surface area contributed by atoms with Crippen LogP contribution in [0.4, 0.5) is 13.2 Å². The number of hydrogen-bond donors (Lipinski definition) is 0. The van der Waals surface area contributed by atoms with Crippen LogP contribution in [0.2, 0.25) is 0 Å². The van der Waals surface area contributed by atoms with Crippen LogP contribution in [-0.4, -0.2) is 0 Å². The molecule has 0 atom stereocenters. The van der Waals surface area contributed by atoms with Gasteiger partial charge in [-0.05, 0) is 64.4 Å². The van der Waals surface area contributed by atoms with E-state index in [4.69, 9.17) is 4.74 Å². The summed E-state index contributed by atoms with van der Waals surface area (Å²) in [5.41, 5.74) is 5.14. The summed E-state index contributed by atoms with van der Waals surface area (Å²) in [6.45, 7) is 4.15. The highest BCUT2D eigenvalue weighted by Crippen LogP contribution is 2.31. The summed E-state index contributed by atoms with van der Waals surface area (Å²) in [4.78, 5) is 0. The first-order valence-corrected chi connectivity index (χ1v) is 11.6. The van der Waals surface area contributed by atoms with Crippen molar-refractivity contribution in [2.75, 3.05) is 0 Å². The summed E-state index contributed by atoms with van der Waals surface area (Å²) in [5, 5.41) is 0. The van der Waals surface area contributed by atoms with Gasteiger partial charge in [-0.3, -0.25) is 0 Å². The topological polar surface area (TPSA) is 9.23 Å². The third kappa shape index (κ3) is 5.17. The van der Waals surface area contributed by atoms with E-state index in [1.807, 2.05) is 62.4 Å². The molecule has 0 N–H and O–H groups in total. The van der Waals surface area contributed by atoms with Gasteiger partial charge in [-0.15, -0.1) is 0 Å². The van der Waals surface area contributed by atoms with Gasteiger partial charge in [0.1, 0.15) is 12.4 Å². The number of ether oxygens (including phenoxy) is 1. The van der Waals surface area contributed by atoms with Crippen molar-refractivity contribution in [3.05, 3.63) is 113 Å². The van der Waals surface area contributed by atoms with Crippen LogP contribution in [0, 0.1) is 17.5 Å². The van der Waals surface area contributed by atoms with Crippen molar-refractivity contribution < 1.29 is 17.9 Å². The smallest absolute Gasteiger partial charge is 0.201 e. The van der Waals surface area contributed by atoms with Crippen molar-refractivity contribution >= 4 is 0 Å². The fourth-order valence-electron chi connectivity index (χ4n) is 3.94. The minimum Gasteiger partial charge on any atom is -0.486 e. The first-order chi connectivity index (χ1) is 16.5. The summed E-state index contributed by atoms with van der Waals surface area (Å²) >= 11 is 0. The molecule has 0 fully saturated rings. The van der Waals surface area contributed by atoms with Crippen LogP contribution in [0.3, 0.4) is 0 Å². The maximum Gasteiger partial charge on any atom is 0.201 e. The Labute approximate surface area is 198 Å². The fraction of sp³-hybridized carbons (Fsp3) is 0.200. The Morgan fingerprint density at radius 1 is 0.647 bits per heavy atom. The van der Waals surface area contributed by atoms with Crippen molar-refractivity contribution in [2.24, 2.45) is 0 Å². The molecule has 0 aliphatic heterocycles. The van der Waals surface area contributed by atoms with Crippen molar-refractivity contribution in [3.8, 4) is 28.0 Å². The molecule has 0 spiro atoms. The predicted molar refractivity (Wildman–Crippen MR) is 131 cm³/mol. The molecule has 4 heteroatoms. The summed E-state index contributed by atoms with van der Waals surface area (Å²) in [6, 6.07) is 23.1. The highest BCUT2D eigenvalue weighted by atomic mass is 19.2. The van der Waals surface area contributed by atoms with Crippen LogP contribution in [0.5, 0.6) is 5.75 Å². The molecule has 0 aliphatic carbocycles. The molecule has 174 valence electrons. The van der Waals surface area contributed by atoms with Gasteiger partial charge in [0.25, 0.3) is 0 Å². The van der Waals surface area contributed by atoms with Gasteiger partial charge in [0.05, 0.1) is 0 Å². The summed E-state index contributed by atoms with van der Waals surface area (Å²) in [7, 11) is 0. The van der Waals surface area contributed by atoms with E-state index in [1.54, 1.807) is 18.2 Å². The summed E-state index contributed by atoms with van der Waals surface area (Å²) in [5.74, 6) is -2.26. The van der Waals surface area contributed by atoms with Crippen molar-refractivity contribution in [2.45, 2.75) is 39.7 Å². The van der Waals surface area contributed by atoms with Crippen LogP contribution >= 0.6 is 0 Å². The molecule has 0 amide bonds. The Morgan fingerprint density at radius 2 is 1.29 bits per heavy atom. The van der Waals surface area contributed by atoms with E-state index in [9.17, 15) is 13.2 Å². The van der Waals surface area contributed by atoms with Crippen LogP contribution in [0.1, 0.15) is 37.0 Å². The van der Waals surface area contributed by atoms with Gasteiger partial charge in [-0.1, -0.05) is 80.9 Å². The number of aryl methyl sites for hydroxylation is 2. The zero-order chi connectivity index (χ0) is 24.1. The lowest BCUT2D eigenvalue weighted by molar-refractivity contribution is 0.285. The number of rotatable bonds is 8. The van der Waals surface area contributed by atoms with Gasteiger partial charge < -0.3 is 4.74 Å². The fourth-order valence-corrected chi connectivity index (χ4v) is 3.94. The molecule has 1 nitrogen and oxygen atoms in total. The molecule has 0 radical (unpaired) electrons. The second kappa shape index (κ2) is 10.6. The number of benzene rings is 4. The minimum absolute atomic E-state index is 0.0883. The maximum atomic E-state index is 14.7. The maximum absolute atomic E-state index is 14.7. The molecule has 0 unspecified atom stereocenters. The van der Waals surface area contributed by atoms with E-state index in [0.29, 0.717) is 12.0 Å². The van der Waals surface area contributed by atoms with E-state index >= 15 is 0 Å². The molecule has 34 heavy (non-hydrogen) atoms. The first-order valence-electron chi connectivity index (χ1n) is 11.6. The van der Waals surface area contributed by atoms with Gasteiger partial charge in [0.15, 0.2) is 11.6 Å². The number of halogens is 3. The third-order valence-corrected chi connectivity index (χ3v) is 5.97. The summed E-state index contributed by atoms with van der Waals surface area (Å²) < 4.78 is 49.2. The predicted octanol–water partition coefficient (Wildman–Crippen LogP) is 8.53. The normalized spacial score (nSPS) is 11.0. The molecule has 4 aromatic rings. The third-order valence-electron chi connectivity index (χ3n) is 5.97. The Kier molecular flexibility index (Phi) is 7.36. The lowest BCUT2D eigenvalue weighted by Crippen LogP contribution is -2.00. The Hall–Kier alpha value is -3.53. The highest BCUT2D eigenvalue weighted by molar-refractivity contribution is 5.66. The van der Waals surface area contributed by atoms with E-state index in [2.05, 4.69) is 0 Å². The van der Waals surface area contributed by atoms with Gasteiger partial charge in [0, 0.05) is 5.56 Å². The summed E-state index contributed by atoms with van der Waals surface area (Å²) in [6.07, 6.45) is 2.49. The average molecular weight is 461 g/mol. The van der Waals surface area contributed by atoms with Crippen LogP contribution in [0.25, 0.3) is 22.3 Å². The average Bonchev–Trinajstić information content (AvgIpc) is 2.87. The molecule has 4 rings (SSSR count). The zero-order valence-electron chi connectivity index (χ0n) is 19.4. The van der Waals surface area contributed by atoms with Crippen molar-refractivity contribution in [3.63, 3.8) is 0 Å². The minimum atomic E-state index is -1.00. The number of hydrogen-bond acceptors (Lipinski definition) is 1. The monoisotopic (exact) mass is 460 g/mol. The molecule has 0 heterocycles. The van der Waals surface area contributed by atoms with Crippen LogP contribution in [0.15, 0.2) is 78.9 Å². The van der Waals surface area contributed by atoms with E-state index < -0.39 is 11.6 Å². The van der Waals surface area contributed by atoms with E-state index in [0.717, 1.165) is 40.7 Å². The van der Waals surface area contributed by atoms with Crippen molar-refractivity contribution in [1.29, 1.82) is 0 Å².